The molecular formula is C17H23N3O2. The average Bonchev–Trinajstić information content (AvgIpc) is 2.95. The van der Waals surface area contributed by atoms with Gasteiger partial charge >= 0.3 is 0 Å². The van der Waals surface area contributed by atoms with E-state index in [2.05, 4.69) is 10.6 Å². The molecule has 3 rings (SSSR count). The number of carbonyl (C=O) groups is 2. The molecule has 2 N–H and O–H groups in total. The zero-order valence-electron chi connectivity index (χ0n) is 13.0. The number of hydrogen-bond donors (Lipinski definition) is 2. The highest BCUT2D eigenvalue weighted by molar-refractivity contribution is 5.99. The molecule has 0 bridgehead atoms. The van der Waals surface area contributed by atoms with Crippen molar-refractivity contribution in [3.63, 3.8) is 0 Å². The van der Waals surface area contributed by atoms with Crippen molar-refractivity contribution in [2.24, 2.45) is 0 Å². The third kappa shape index (κ3) is 2.99. The molecule has 0 saturated carbocycles. The second-order valence-electron chi connectivity index (χ2n) is 6.37. The molecular weight excluding hydrogens is 278 g/mol. The molecule has 0 aromatic heterocycles. The Hall–Kier alpha value is -1.88. The molecule has 2 aliphatic heterocycles. The molecule has 5 nitrogen and oxygen atoms in total. The molecule has 118 valence electrons. The van der Waals surface area contributed by atoms with Crippen LogP contribution in [0.1, 0.15) is 39.0 Å². The number of amides is 2. The Labute approximate surface area is 131 Å². The first-order valence-corrected chi connectivity index (χ1v) is 8.05. The quantitative estimate of drug-likeness (QED) is 0.900. The van der Waals surface area contributed by atoms with Gasteiger partial charge in [0.2, 0.25) is 11.8 Å². The van der Waals surface area contributed by atoms with Gasteiger partial charge in [-0.05, 0) is 63.4 Å². The van der Waals surface area contributed by atoms with Gasteiger partial charge in [0.15, 0.2) is 0 Å². The largest absolute Gasteiger partial charge is 0.324 e. The zero-order valence-corrected chi connectivity index (χ0v) is 13.0. The molecule has 1 aromatic carbocycles. The maximum absolute atomic E-state index is 12.4. The second kappa shape index (κ2) is 6.08. The van der Waals surface area contributed by atoms with Crippen LogP contribution in [0.2, 0.25) is 0 Å². The van der Waals surface area contributed by atoms with Crippen molar-refractivity contribution in [1.29, 1.82) is 0 Å². The summed E-state index contributed by atoms with van der Waals surface area (Å²) in [6.07, 6.45) is 4.61. The van der Waals surface area contributed by atoms with Crippen LogP contribution >= 0.6 is 0 Å². The Balaban J connectivity index is 1.65. The molecule has 0 spiro atoms. The normalized spacial score (nSPS) is 25.3. The molecule has 2 aliphatic rings. The fourth-order valence-corrected chi connectivity index (χ4v) is 3.16. The Kier molecular flexibility index (Phi) is 4.16. The van der Waals surface area contributed by atoms with E-state index in [0.717, 1.165) is 50.1 Å². The first-order chi connectivity index (χ1) is 10.6. The Morgan fingerprint density at radius 2 is 2.00 bits per heavy atom. The molecule has 0 aliphatic carbocycles. The van der Waals surface area contributed by atoms with Crippen LogP contribution in [0, 0.1) is 0 Å². The van der Waals surface area contributed by atoms with Crippen LogP contribution in [0.25, 0.3) is 0 Å². The lowest BCUT2D eigenvalue weighted by atomic mass is 9.90. The first-order valence-electron chi connectivity index (χ1n) is 8.05. The van der Waals surface area contributed by atoms with Gasteiger partial charge in [0.25, 0.3) is 0 Å². The van der Waals surface area contributed by atoms with Gasteiger partial charge in [-0.25, -0.2) is 0 Å². The zero-order chi connectivity index (χ0) is 15.6. The lowest BCUT2D eigenvalue weighted by Gasteiger charge is -2.33. The molecule has 5 heteroatoms. The molecule has 1 atom stereocenters. The monoisotopic (exact) mass is 301 g/mol. The Bertz CT molecular complexity index is 562. The lowest BCUT2D eigenvalue weighted by molar-refractivity contribution is -0.122. The lowest BCUT2D eigenvalue weighted by Crippen LogP contribution is -2.54. The SMILES string of the molecule is CC1(C(=O)Nc2ccc(N3CCCC3=O)cc2)CCCCN1. The minimum absolute atomic E-state index is 0.0113. The van der Waals surface area contributed by atoms with Gasteiger partial charge in [-0.15, -0.1) is 0 Å². The molecule has 1 unspecified atom stereocenters. The molecule has 1 aromatic rings. The van der Waals surface area contributed by atoms with Gasteiger partial charge in [0, 0.05) is 24.3 Å². The van der Waals surface area contributed by atoms with E-state index in [4.69, 9.17) is 0 Å². The maximum atomic E-state index is 12.4. The van der Waals surface area contributed by atoms with Crippen LogP contribution in [-0.2, 0) is 9.59 Å². The summed E-state index contributed by atoms with van der Waals surface area (Å²) in [5.41, 5.74) is 1.19. The third-order valence-corrected chi connectivity index (χ3v) is 4.63. The summed E-state index contributed by atoms with van der Waals surface area (Å²) in [6, 6.07) is 7.53. The van der Waals surface area contributed by atoms with E-state index in [9.17, 15) is 9.59 Å². The van der Waals surface area contributed by atoms with Crippen molar-refractivity contribution >= 4 is 23.2 Å². The second-order valence-corrected chi connectivity index (χ2v) is 6.37. The first kappa shape index (κ1) is 15.0. The minimum atomic E-state index is -0.484. The highest BCUT2D eigenvalue weighted by Gasteiger charge is 2.34. The molecule has 2 saturated heterocycles. The number of piperidine rings is 1. The maximum Gasteiger partial charge on any atom is 0.244 e. The van der Waals surface area contributed by atoms with Gasteiger partial charge < -0.3 is 15.5 Å². The van der Waals surface area contributed by atoms with Crippen molar-refractivity contribution in [2.45, 2.75) is 44.6 Å². The number of carbonyl (C=O) groups excluding carboxylic acids is 2. The van der Waals surface area contributed by atoms with Gasteiger partial charge in [0.05, 0.1) is 5.54 Å². The molecule has 22 heavy (non-hydrogen) atoms. The predicted molar refractivity (Wildman–Crippen MR) is 86.9 cm³/mol. The van der Waals surface area contributed by atoms with Crippen LogP contribution in [0.3, 0.4) is 0 Å². The molecule has 2 fully saturated rings. The fraction of sp³-hybridized carbons (Fsp3) is 0.529. The number of rotatable bonds is 3. The number of nitrogens with one attached hydrogen (secondary N) is 2. The summed E-state index contributed by atoms with van der Waals surface area (Å²) in [5.74, 6) is 0.188. The van der Waals surface area contributed by atoms with Crippen molar-refractivity contribution in [3.8, 4) is 0 Å². The van der Waals surface area contributed by atoms with Crippen LogP contribution in [0.5, 0.6) is 0 Å². The number of hydrogen-bond acceptors (Lipinski definition) is 3. The number of benzene rings is 1. The van der Waals surface area contributed by atoms with Crippen LogP contribution in [0.4, 0.5) is 11.4 Å². The summed E-state index contributed by atoms with van der Waals surface area (Å²) in [6.45, 7) is 3.63. The fourth-order valence-electron chi connectivity index (χ4n) is 3.16. The van der Waals surface area contributed by atoms with E-state index in [0.29, 0.717) is 6.42 Å². The topological polar surface area (TPSA) is 61.4 Å². The number of nitrogens with zero attached hydrogens (tertiary/aromatic N) is 1. The Morgan fingerprint density at radius 1 is 1.23 bits per heavy atom. The minimum Gasteiger partial charge on any atom is -0.324 e. The van der Waals surface area contributed by atoms with Gasteiger partial charge in [0.1, 0.15) is 0 Å². The summed E-state index contributed by atoms with van der Waals surface area (Å²) in [5, 5.41) is 6.29. The standard InChI is InChI=1S/C17H23N3O2/c1-17(10-2-3-11-18-17)16(22)19-13-6-8-14(9-7-13)20-12-4-5-15(20)21/h6-9,18H,2-5,10-12H2,1H3,(H,19,22). The van der Waals surface area contributed by atoms with Crippen molar-refractivity contribution in [3.05, 3.63) is 24.3 Å². The smallest absolute Gasteiger partial charge is 0.244 e. The van der Waals surface area contributed by atoms with Crippen molar-refractivity contribution < 1.29 is 9.59 Å². The number of anilines is 2. The van der Waals surface area contributed by atoms with Crippen molar-refractivity contribution in [1.82, 2.24) is 5.32 Å². The van der Waals surface area contributed by atoms with E-state index >= 15 is 0 Å². The van der Waals surface area contributed by atoms with Gasteiger partial charge in [-0.3, -0.25) is 9.59 Å². The Morgan fingerprint density at radius 3 is 2.59 bits per heavy atom. The summed E-state index contributed by atoms with van der Waals surface area (Å²) in [7, 11) is 0. The van der Waals surface area contributed by atoms with E-state index < -0.39 is 5.54 Å². The highest BCUT2D eigenvalue weighted by Crippen LogP contribution is 2.24. The van der Waals surface area contributed by atoms with Crippen LogP contribution in [-0.4, -0.2) is 30.4 Å². The molecule has 0 radical (unpaired) electrons. The van der Waals surface area contributed by atoms with E-state index in [-0.39, 0.29) is 11.8 Å². The summed E-state index contributed by atoms with van der Waals surface area (Å²) in [4.78, 5) is 26.0. The average molecular weight is 301 g/mol. The molecule has 2 heterocycles. The van der Waals surface area contributed by atoms with Gasteiger partial charge in [-0.2, -0.15) is 0 Å². The molecule has 2 amide bonds. The van der Waals surface area contributed by atoms with Crippen LogP contribution in [0.15, 0.2) is 24.3 Å². The van der Waals surface area contributed by atoms with E-state index in [1.807, 2.05) is 31.2 Å². The van der Waals surface area contributed by atoms with E-state index in [1.165, 1.54) is 0 Å². The predicted octanol–water partition coefficient (Wildman–Crippen LogP) is 2.28. The van der Waals surface area contributed by atoms with Crippen molar-refractivity contribution in [2.75, 3.05) is 23.3 Å². The highest BCUT2D eigenvalue weighted by atomic mass is 16.2. The van der Waals surface area contributed by atoms with Crippen LogP contribution < -0.4 is 15.5 Å². The van der Waals surface area contributed by atoms with E-state index in [1.54, 1.807) is 4.90 Å². The summed E-state index contributed by atoms with van der Waals surface area (Å²) < 4.78 is 0. The third-order valence-electron chi connectivity index (χ3n) is 4.63. The van der Waals surface area contributed by atoms with Gasteiger partial charge in [-0.1, -0.05) is 0 Å². The summed E-state index contributed by atoms with van der Waals surface area (Å²) >= 11 is 0.